The van der Waals surface area contributed by atoms with Gasteiger partial charge in [-0.3, -0.25) is 9.97 Å². The van der Waals surface area contributed by atoms with Gasteiger partial charge in [-0.15, -0.1) is 11.3 Å². The van der Waals surface area contributed by atoms with E-state index in [0.29, 0.717) is 0 Å². The van der Waals surface area contributed by atoms with Crippen LogP contribution < -0.4 is 5.32 Å². The van der Waals surface area contributed by atoms with Crippen LogP contribution in [0.3, 0.4) is 0 Å². The number of nitrogens with one attached hydrogen (secondary N) is 1. The Hall–Kier alpha value is -1.33. The van der Waals surface area contributed by atoms with E-state index in [1.165, 1.54) is 0 Å². The smallest absolute Gasteiger partial charge is 0.0795 e. The molecule has 0 aliphatic rings. The molecule has 0 saturated heterocycles. The number of rotatable bonds is 4. The highest BCUT2D eigenvalue weighted by molar-refractivity contribution is 7.07. The lowest BCUT2D eigenvalue weighted by Gasteiger charge is -2.13. The molecule has 16 heavy (non-hydrogen) atoms. The summed E-state index contributed by atoms with van der Waals surface area (Å²) in [6, 6.07) is 0.190. The van der Waals surface area contributed by atoms with Gasteiger partial charge in [-0.1, -0.05) is 0 Å². The lowest BCUT2D eigenvalue weighted by Crippen LogP contribution is -2.20. The minimum absolute atomic E-state index is 0.190. The van der Waals surface area contributed by atoms with Gasteiger partial charge < -0.3 is 5.32 Å². The summed E-state index contributed by atoms with van der Waals surface area (Å²) >= 11 is 1.61. The molecule has 2 aromatic heterocycles. The molecule has 0 amide bonds. The molecule has 0 fully saturated rings. The molecule has 4 nitrogen and oxygen atoms in total. The number of aryl methyl sites for hydroxylation is 1. The normalized spacial score (nSPS) is 12.6. The van der Waals surface area contributed by atoms with Crippen LogP contribution in [0.4, 0.5) is 0 Å². The molecule has 0 bridgehead atoms. The van der Waals surface area contributed by atoms with Crippen LogP contribution in [0.2, 0.25) is 0 Å². The van der Waals surface area contributed by atoms with Crippen LogP contribution >= 0.6 is 11.3 Å². The summed E-state index contributed by atoms with van der Waals surface area (Å²) in [5.74, 6) is 0. The van der Waals surface area contributed by atoms with Crippen LogP contribution in [0, 0.1) is 6.92 Å². The molecule has 0 aliphatic carbocycles. The Labute approximate surface area is 98.8 Å². The highest BCUT2D eigenvalue weighted by atomic mass is 32.1. The minimum Gasteiger partial charge on any atom is -0.303 e. The van der Waals surface area contributed by atoms with Gasteiger partial charge >= 0.3 is 0 Å². The number of hydrogen-bond donors (Lipinski definition) is 1. The molecule has 0 aliphatic heterocycles. The van der Waals surface area contributed by atoms with Gasteiger partial charge in [0.15, 0.2) is 0 Å². The first-order chi connectivity index (χ1) is 7.77. The topological polar surface area (TPSA) is 50.7 Å². The second-order valence-electron chi connectivity index (χ2n) is 3.61. The van der Waals surface area contributed by atoms with Crippen LogP contribution in [-0.2, 0) is 6.54 Å². The number of thiazole rings is 1. The zero-order valence-electron chi connectivity index (χ0n) is 9.34. The lowest BCUT2D eigenvalue weighted by molar-refractivity contribution is 0.551. The first-order valence-corrected chi connectivity index (χ1v) is 6.09. The molecule has 0 radical (unpaired) electrons. The van der Waals surface area contributed by atoms with Crippen molar-refractivity contribution in [1.29, 1.82) is 0 Å². The Balaban J connectivity index is 1.98. The van der Waals surface area contributed by atoms with E-state index in [1.54, 1.807) is 23.7 Å². The SMILES string of the molecule is Cc1nccnc1C(C)NCc1cscn1. The number of nitrogens with zero attached hydrogens (tertiary/aromatic N) is 3. The molecule has 2 rings (SSSR count). The summed E-state index contributed by atoms with van der Waals surface area (Å²) in [7, 11) is 0. The standard InChI is InChI=1S/C11H14N4S/c1-8-11(13-4-3-12-8)9(2)14-5-10-6-16-7-15-10/h3-4,6-7,9,14H,5H2,1-2H3. The molecular weight excluding hydrogens is 220 g/mol. The van der Waals surface area contributed by atoms with E-state index in [2.05, 4.69) is 27.2 Å². The second kappa shape index (κ2) is 5.14. The van der Waals surface area contributed by atoms with E-state index in [9.17, 15) is 0 Å². The summed E-state index contributed by atoms with van der Waals surface area (Å²) in [6.45, 7) is 4.83. The van der Waals surface area contributed by atoms with Crippen molar-refractivity contribution in [2.24, 2.45) is 0 Å². The predicted molar refractivity (Wildman–Crippen MR) is 64.1 cm³/mol. The molecule has 5 heteroatoms. The van der Waals surface area contributed by atoms with Crippen LogP contribution in [0.5, 0.6) is 0 Å². The molecule has 84 valence electrons. The zero-order valence-corrected chi connectivity index (χ0v) is 10.2. The van der Waals surface area contributed by atoms with Crippen molar-refractivity contribution >= 4 is 11.3 Å². The van der Waals surface area contributed by atoms with Gasteiger partial charge in [-0.25, -0.2) is 4.98 Å². The third-order valence-electron chi connectivity index (χ3n) is 2.40. The third-order valence-corrected chi connectivity index (χ3v) is 3.04. The van der Waals surface area contributed by atoms with Gasteiger partial charge in [0.25, 0.3) is 0 Å². The van der Waals surface area contributed by atoms with Crippen molar-refractivity contribution in [3.8, 4) is 0 Å². The maximum Gasteiger partial charge on any atom is 0.0795 e. The van der Waals surface area contributed by atoms with E-state index in [0.717, 1.165) is 23.6 Å². The summed E-state index contributed by atoms with van der Waals surface area (Å²) in [6.07, 6.45) is 3.44. The molecule has 0 aromatic carbocycles. The van der Waals surface area contributed by atoms with E-state index < -0.39 is 0 Å². The van der Waals surface area contributed by atoms with Crippen molar-refractivity contribution in [3.05, 3.63) is 40.4 Å². The maximum absolute atomic E-state index is 4.34. The van der Waals surface area contributed by atoms with Crippen LogP contribution in [0.25, 0.3) is 0 Å². The van der Waals surface area contributed by atoms with Crippen molar-refractivity contribution < 1.29 is 0 Å². The molecule has 1 N–H and O–H groups in total. The van der Waals surface area contributed by atoms with E-state index in [1.807, 2.05) is 17.8 Å². The Morgan fingerprint density at radius 2 is 2.12 bits per heavy atom. The van der Waals surface area contributed by atoms with Crippen molar-refractivity contribution in [2.75, 3.05) is 0 Å². The van der Waals surface area contributed by atoms with E-state index in [4.69, 9.17) is 0 Å². The Morgan fingerprint density at radius 3 is 2.81 bits per heavy atom. The average molecular weight is 234 g/mol. The first kappa shape index (κ1) is 11.2. The van der Waals surface area contributed by atoms with Gasteiger partial charge in [0.1, 0.15) is 0 Å². The summed E-state index contributed by atoms with van der Waals surface area (Å²) < 4.78 is 0. The number of hydrogen-bond acceptors (Lipinski definition) is 5. The molecule has 2 aromatic rings. The van der Waals surface area contributed by atoms with Gasteiger partial charge in [0.05, 0.1) is 22.6 Å². The summed E-state index contributed by atoms with van der Waals surface area (Å²) in [5.41, 5.74) is 4.88. The van der Waals surface area contributed by atoms with E-state index in [-0.39, 0.29) is 6.04 Å². The fraction of sp³-hybridized carbons (Fsp3) is 0.364. The third kappa shape index (κ3) is 2.62. The maximum atomic E-state index is 4.34. The fourth-order valence-corrected chi connectivity index (χ4v) is 2.08. The molecule has 0 spiro atoms. The Morgan fingerprint density at radius 1 is 1.31 bits per heavy atom. The van der Waals surface area contributed by atoms with Gasteiger partial charge in [-0.2, -0.15) is 0 Å². The number of aromatic nitrogens is 3. The van der Waals surface area contributed by atoms with Crippen molar-refractivity contribution in [1.82, 2.24) is 20.3 Å². The monoisotopic (exact) mass is 234 g/mol. The molecule has 2 heterocycles. The van der Waals surface area contributed by atoms with Crippen molar-refractivity contribution in [2.45, 2.75) is 26.4 Å². The molecule has 0 saturated carbocycles. The van der Waals surface area contributed by atoms with Gasteiger partial charge in [0, 0.05) is 30.4 Å². The second-order valence-corrected chi connectivity index (χ2v) is 4.33. The van der Waals surface area contributed by atoms with Crippen LogP contribution in [0.15, 0.2) is 23.3 Å². The molecular formula is C11H14N4S. The van der Waals surface area contributed by atoms with E-state index >= 15 is 0 Å². The fourth-order valence-electron chi connectivity index (χ4n) is 1.52. The molecule has 1 atom stereocenters. The predicted octanol–water partition coefficient (Wildman–Crippen LogP) is 2.09. The average Bonchev–Trinajstić information content (AvgIpc) is 2.79. The van der Waals surface area contributed by atoms with Crippen LogP contribution in [-0.4, -0.2) is 15.0 Å². The summed E-state index contributed by atoms with van der Waals surface area (Å²) in [4.78, 5) is 12.8. The van der Waals surface area contributed by atoms with Gasteiger partial charge in [0.2, 0.25) is 0 Å². The quantitative estimate of drug-likeness (QED) is 0.880. The van der Waals surface area contributed by atoms with Crippen LogP contribution in [0.1, 0.15) is 30.0 Å². The Bertz CT molecular complexity index is 441. The minimum atomic E-state index is 0.190. The summed E-state index contributed by atoms with van der Waals surface area (Å²) in [5, 5.41) is 5.43. The largest absolute Gasteiger partial charge is 0.303 e. The first-order valence-electron chi connectivity index (χ1n) is 5.15. The van der Waals surface area contributed by atoms with Gasteiger partial charge in [-0.05, 0) is 13.8 Å². The lowest BCUT2D eigenvalue weighted by atomic mass is 10.2. The zero-order chi connectivity index (χ0) is 11.4. The highest BCUT2D eigenvalue weighted by Crippen LogP contribution is 2.12. The molecule has 1 unspecified atom stereocenters. The Kier molecular flexibility index (Phi) is 3.58. The van der Waals surface area contributed by atoms with Crippen molar-refractivity contribution in [3.63, 3.8) is 0 Å². The highest BCUT2D eigenvalue weighted by Gasteiger charge is 2.09.